The molecule has 1 N–H and O–H groups in total. The van der Waals surface area contributed by atoms with E-state index in [2.05, 4.69) is 0 Å². The van der Waals surface area contributed by atoms with Gasteiger partial charge < -0.3 is 14.9 Å². The summed E-state index contributed by atoms with van der Waals surface area (Å²) >= 11 is 1.84. The summed E-state index contributed by atoms with van der Waals surface area (Å²) in [7, 11) is 0. The van der Waals surface area contributed by atoms with E-state index in [1.165, 1.54) is 0 Å². The lowest BCUT2D eigenvalue weighted by Crippen LogP contribution is -2.45. The Morgan fingerprint density at radius 2 is 1.80 bits per heavy atom. The van der Waals surface area contributed by atoms with E-state index in [0.717, 1.165) is 30.3 Å². The first kappa shape index (κ1) is 14.7. The van der Waals surface area contributed by atoms with Crippen molar-refractivity contribution < 1.29 is 14.7 Å². The number of benzene rings is 1. The molecule has 0 atom stereocenters. The third-order valence-corrected chi connectivity index (χ3v) is 4.08. The van der Waals surface area contributed by atoms with Crippen LogP contribution in [0, 0.1) is 0 Å². The molecule has 1 amide bonds. The van der Waals surface area contributed by atoms with Gasteiger partial charge in [-0.1, -0.05) is 18.2 Å². The minimum absolute atomic E-state index is 0.00426. The van der Waals surface area contributed by atoms with E-state index in [1.807, 2.05) is 47.0 Å². The molecule has 1 saturated heterocycles. The summed E-state index contributed by atoms with van der Waals surface area (Å²) in [5.74, 6) is 0.970. The van der Waals surface area contributed by atoms with Crippen LogP contribution in [0.25, 0.3) is 0 Å². The molecule has 1 aromatic carbocycles. The number of hydrogen-bond donors (Lipinski definition) is 1. The summed E-state index contributed by atoms with van der Waals surface area (Å²) in [5, 5.41) is 9.00. The van der Waals surface area contributed by atoms with Crippen LogP contribution in [0.2, 0.25) is 0 Å². The molecular formula is C14H18N2O3S. The second-order valence-corrected chi connectivity index (χ2v) is 5.80. The topological polar surface area (TPSA) is 60.9 Å². The van der Waals surface area contributed by atoms with Gasteiger partial charge in [0, 0.05) is 30.3 Å². The monoisotopic (exact) mass is 294 g/mol. The van der Waals surface area contributed by atoms with Gasteiger partial charge in [-0.2, -0.15) is 11.8 Å². The number of anilines is 1. The fourth-order valence-electron chi connectivity index (χ4n) is 2.12. The summed E-state index contributed by atoms with van der Waals surface area (Å²) in [4.78, 5) is 26.6. The molecule has 108 valence electrons. The fourth-order valence-corrected chi connectivity index (χ4v) is 3.02. The van der Waals surface area contributed by atoms with Crippen LogP contribution < -0.4 is 4.90 Å². The van der Waals surface area contributed by atoms with E-state index in [9.17, 15) is 9.59 Å². The Hall–Kier alpha value is -1.69. The van der Waals surface area contributed by atoms with E-state index in [0.29, 0.717) is 0 Å². The predicted molar refractivity (Wildman–Crippen MR) is 80.2 cm³/mol. The van der Waals surface area contributed by atoms with E-state index in [4.69, 9.17) is 5.11 Å². The molecule has 1 aliphatic heterocycles. The van der Waals surface area contributed by atoms with Crippen LogP contribution in [0.4, 0.5) is 5.69 Å². The van der Waals surface area contributed by atoms with Crippen molar-refractivity contribution in [2.45, 2.75) is 0 Å². The predicted octanol–water partition coefficient (Wildman–Crippen LogP) is 1.15. The van der Waals surface area contributed by atoms with Crippen molar-refractivity contribution in [3.63, 3.8) is 0 Å². The van der Waals surface area contributed by atoms with E-state index >= 15 is 0 Å². The Morgan fingerprint density at radius 3 is 2.40 bits per heavy atom. The number of carbonyl (C=O) groups is 2. The summed E-state index contributed by atoms with van der Waals surface area (Å²) in [6.07, 6.45) is 0. The van der Waals surface area contributed by atoms with Crippen molar-refractivity contribution in [1.82, 2.24) is 4.90 Å². The Morgan fingerprint density at radius 1 is 1.15 bits per heavy atom. The highest BCUT2D eigenvalue weighted by Crippen LogP contribution is 2.14. The zero-order valence-corrected chi connectivity index (χ0v) is 12.0. The molecule has 1 fully saturated rings. The van der Waals surface area contributed by atoms with Crippen molar-refractivity contribution in [2.24, 2.45) is 0 Å². The highest BCUT2D eigenvalue weighted by molar-refractivity contribution is 7.99. The number of aliphatic carboxylic acids is 1. The second kappa shape index (κ2) is 7.19. The maximum Gasteiger partial charge on any atom is 0.323 e. The zero-order valence-electron chi connectivity index (χ0n) is 11.2. The summed E-state index contributed by atoms with van der Waals surface area (Å²) in [6.45, 7) is 1.44. The first-order chi connectivity index (χ1) is 9.66. The zero-order chi connectivity index (χ0) is 14.4. The van der Waals surface area contributed by atoms with Gasteiger partial charge >= 0.3 is 5.97 Å². The van der Waals surface area contributed by atoms with Crippen molar-refractivity contribution in [1.29, 1.82) is 0 Å². The lowest BCUT2D eigenvalue weighted by Gasteiger charge is -2.30. The summed E-state index contributed by atoms with van der Waals surface area (Å²) in [5.41, 5.74) is 0.759. The third-order valence-electron chi connectivity index (χ3n) is 3.14. The molecule has 6 heteroatoms. The number of carboxylic acid groups (broad SMARTS) is 1. The smallest absolute Gasteiger partial charge is 0.323 e. The van der Waals surface area contributed by atoms with Gasteiger partial charge in [0.05, 0.1) is 6.54 Å². The summed E-state index contributed by atoms with van der Waals surface area (Å²) in [6, 6.07) is 9.19. The Balaban J connectivity index is 2.03. The first-order valence-corrected chi connectivity index (χ1v) is 7.69. The maximum atomic E-state index is 12.2. The van der Waals surface area contributed by atoms with Gasteiger partial charge in [0.15, 0.2) is 0 Å². The average Bonchev–Trinajstić information content (AvgIpc) is 2.48. The normalized spacial score (nSPS) is 14.9. The van der Waals surface area contributed by atoms with E-state index < -0.39 is 5.97 Å². The number of rotatable bonds is 5. The summed E-state index contributed by atoms with van der Waals surface area (Å²) < 4.78 is 0. The van der Waals surface area contributed by atoms with Crippen molar-refractivity contribution in [2.75, 3.05) is 42.6 Å². The van der Waals surface area contributed by atoms with E-state index in [1.54, 1.807) is 4.90 Å². The highest BCUT2D eigenvalue weighted by Gasteiger charge is 2.21. The molecule has 20 heavy (non-hydrogen) atoms. The minimum Gasteiger partial charge on any atom is -0.480 e. The largest absolute Gasteiger partial charge is 0.480 e. The quantitative estimate of drug-likeness (QED) is 0.883. The van der Waals surface area contributed by atoms with Crippen LogP contribution in [0.3, 0.4) is 0 Å². The lowest BCUT2D eigenvalue weighted by atomic mass is 10.2. The fraction of sp³-hybridized carbons (Fsp3) is 0.429. The molecule has 0 aliphatic carbocycles. The molecule has 5 nitrogen and oxygen atoms in total. The number of para-hydroxylation sites is 1. The van der Waals surface area contributed by atoms with Gasteiger partial charge in [-0.05, 0) is 12.1 Å². The van der Waals surface area contributed by atoms with Crippen LogP contribution in [0.5, 0.6) is 0 Å². The van der Waals surface area contributed by atoms with E-state index in [-0.39, 0.29) is 19.0 Å². The van der Waals surface area contributed by atoms with Crippen molar-refractivity contribution in [3.05, 3.63) is 30.3 Å². The van der Waals surface area contributed by atoms with Crippen LogP contribution in [-0.4, -0.2) is 59.6 Å². The molecule has 2 rings (SSSR count). The van der Waals surface area contributed by atoms with Crippen LogP contribution in [0.15, 0.2) is 30.3 Å². The van der Waals surface area contributed by atoms with Crippen LogP contribution in [0.1, 0.15) is 0 Å². The molecule has 0 aromatic heterocycles. The molecule has 1 aliphatic rings. The van der Waals surface area contributed by atoms with Crippen molar-refractivity contribution >= 4 is 29.3 Å². The number of thioether (sulfide) groups is 1. The molecule has 0 bridgehead atoms. The Labute approximate surface area is 122 Å². The second-order valence-electron chi connectivity index (χ2n) is 4.58. The van der Waals surface area contributed by atoms with Gasteiger partial charge in [-0.25, -0.2) is 0 Å². The molecule has 1 aromatic rings. The minimum atomic E-state index is -0.934. The standard InChI is InChI=1S/C14H18N2O3S/c17-13(15-6-8-20-9-7-15)10-16(11-14(18)19)12-4-2-1-3-5-12/h1-5H,6-11H2,(H,18,19). The number of amides is 1. The van der Waals surface area contributed by atoms with Gasteiger partial charge in [0.25, 0.3) is 0 Å². The van der Waals surface area contributed by atoms with Gasteiger partial charge in [0.1, 0.15) is 6.54 Å². The molecule has 0 radical (unpaired) electrons. The average molecular weight is 294 g/mol. The molecule has 1 heterocycles. The molecular weight excluding hydrogens is 276 g/mol. The Bertz CT molecular complexity index is 461. The number of carbonyl (C=O) groups excluding carboxylic acids is 1. The van der Waals surface area contributed by atoms with Gasteiger partial charge in [-0.15, -0.1) is 0 Å². The first-order valence-electron chi connectivity index (χ1n) is 6.54. The molecule has 0 unspecified atom stereocenters. The third kappa shape index (κ3) is 4.16. The van der Waals surface area contributed by atoms with Crippen LogP contribution in [-0.2, 0) is 9.59 Å². The van der Waals surface area contributed by atoms with Crippen LogP contribution >= 0.6 is 11.8 Å². The van der Waals surface area contributed by atoms with Crippen molar-refractivity contribution in [3.8, 4) is 0 Å². The maximum absolute atomic E-state index is 12.2. The van der Waals surface area contributed by atoms with Gasteiger partial charge in [-0.3, -0.25) is 9.59 Å². The molecule has 0 spiro atoms. The van der Waals surface area contributed by atoms with Gasteiger partial charge in [0.2, 0.25) is 5.91 Å². The Kier molecular flexibility index (Phi) is 5.29. The highest BCUT2D eigenvalue weighted by atomic mass is 32.2. The number of hydrogen-bond acceptors (Lipinski definition) is 4. The lowest BCUT2D eigenvalue weighted by molar-refractivity contribution is -0.135. The SMILES string of the molecule is O=C(O)CN(CC(=O)N1CCSCC1)c1ccccc1. The number of nitrogens with zero attached hydrogens (tertiary/aromatic N) is 2. The molecule has 0 saturated carbocycles. The number of carboxylic acids is 1.